The molecule has 152 valence electrons. The van der Waals surface area contributed by atoms with Crippen LogP contribution in [0.15, 0.2) is 30.5 Å². The number of hydrogen-bond donors (Lipinski definition) is 1. The quantitative estimate of drug-likeness (QED) is 0.383. The Hall–Kier alpha value is -3.43. The molecule has 0 aliphatic carbocycles. The van der Waals surface area contributed by atoms with Gasteiger partial charge in [-0.25, -0.2) is 26.6 Å². The minimum atomic E-state index is -2.31. The van der Waals surface area contributed by atoms with Crippen LogP contribution < -0.4 is 10.1 Å². The molecule has 0 aliphatic rings. The van der Waals surface area contributed by atoms with Crippen molar-refractivity contribution in [3.63, 3.8) is 0 Å². The lowest BCUT2D eigenvalue weighted by molar-refractivity contribution is 0.101. The third-order valence-electron chi connectivity index (χ3n) is 4.00. The number of aryl methyl sites for hydroxylation is 2. The van der Waals surface area contributed by atoms with Gasteiger partial charge < -0.3 is 10.1 Å². The van der Waals surface area contributed by atoms with E-state index in [1.807, 2.05) is 26.0 Å². The van der Waals surface area contributed by atoms with Crippen LogP contribution in [0.1, 0.15) is 21.6 Å². The van der Waals surface area contributed by atoms with Gasteiger partial charge in [0.25, 0.3) is 5.91 Å². The molecule has 0 aliphatic heterocycles. The molecule has 0 atom stereocenters. The Bertz CT molecular complexity index is 1070. The number of rotatable bonds is 5. The topological polar surface area (TPSA) is 56.1 Å². The molecule has 1 aromatic heterocycles. The number of aromatic nitrogens is 2. The SMILES string of the molecule is Cc1ccc(OCn2ccc(C(=O)Nc3c(F)c(F)c(F)c(F)c3F)n2)c(C)c1. The number of nitrogens with one attached hydrogen (secondary N) is 1. The standard InChI is InChI=1S/C19H14F5N3O2/c1-9-3-4-12(10(2)7-9)29-8-27-6-5-11(26-27)19(28)25-18-16(23)14(21)13(20)15(22)17(18)24/h3-7H,8H2,1-2H3,(H,25,28). The Labute approximate surface area is 161 Å². The number of benzene rings is 2. The highest BCUT2D eigenvalue weighted by atomic mass is 19.2. The molecule has 0 saturated carbocycles. The Balaban J connectivity index is 1.73. The molecule has 0 spiro atoms. The van der Waals surface area contributed by atoms with Crippen molar-refractivity contribution in [2.75, 3.05) is 5.32 Å². The van der Waals surface area contributed by atoms with Gasteiger partial charge in [0.2, 0.25) is 5.82 Å². The molecule has 0 saturated heterocycles. The first-order valence-electron chi connectivity index (χ1n) is 8.25. The number of halogens is 5. The van der Waals surface area contributed by atoms with Gasteiger partial charge in [-0.1, -0.05) is 17.7 Å². The van der Waals surface area contributed by atoms with Crippen molar-refractivity contribution in [3.8, 4) is 5.75 Å². The normalized spacial score (nSPS) is 10.9. The van der Waals surface area contributed by atoms with Crippen molar-refractivity contribution >= 4 is 11.6 Å². The number of carbonyl (C=O) groups is 1. The summed E-state index contributed by atoms with van der Waals surface area (Å²) in [6.07, 6.45) is 1.36. The summed E-state index contributed by atoms with van der Waals surface area (Å²) in [6, 6.07) is 6.74. The molecule has 1 N–H and O–H groups in total. The summed E-state index contributed by atoms with van der Waals surface area (Å²) in [5, 5.41) is 5.52. The predicted octanol–water partition coefficient (Wildman–Crippen LogP) is 4.48. The maximum absolute atomic E-state index is 13.7. The second-order valence-electron chi connectivity index (χ2n) is 6.18. The summed E-state index contributed by atoms with van der Waals surface area (Å²) in [4.78, 5) is 12.1. The lowest BCUT2D eigenvalue weighted by Gasteiger charge is -2.10. The molecule has 1 heterocycles. The van der Waals surface area contributed by atoms with E-state index in [-0.39, 0.29) is 12.4 Å². The van der Waals surface area contributed by atoms with Crippen molar-refractivity contribution in [2.24, 2.45) is 0 Å². The number of anilines is 1. The number of ether oxygens (including phenoxy) is 1. The van der Waals surface area contributed by atoms with Gasteiger partial charge in [0.15, 0.2) is 35.7 Å². The molecule has 5 nitrogen and oxygen atoms in total. The maximum atomic E-state index is 13.7. The first-order valence-corrected chi connectivity index (χ1v) is 8.25. The Morgan fingerprint density at radius 3 is 2.24 bits per heavy atom. The second-order valence-corrected chi connectivity index (χ2v) is 6.18. The summed E-state index contributed by atoms with van der Waals surface area (Å²) >= 11 is 0. The molecule has 1 amide bonds. The van der Waals surface area contributed by atoms with Crippen LogP contribution >= 0.6 is 0 Å². The molecular weight excluding hydrogens is 397 g/mol. The van der Waals surface area contributed by atoms with Crippen molar-refractivity contribution in [2.45, 2.75) is 20.6 Å². The molecule has 0 bridgehead atoms. The molecule has 29 heavy (non-hydrogen) atoms. The number of amides is 1. The van der Waals surface area contributed by atoms with Gasteiger partial charge in [-0.3, -0.25) is 4.79 Å². The second kappa shape index (κ2) is 7.90. The largest absolute Gasteiger partial charge is 0.471 e. The molecule has 10 heteroatoms. The first kappa shape index (κ1) is 20.3. The van der Waals surface area contributed by atoms with Crippen molar-refractivity contribution in [1.29, 1.82) is 0 Å². The average Bonchev–Trinajstić information content (AvgIpc) is 3.16. The van der Waals surface area contributed by atoms with Gasteiger partial charge in [0.1, 0.15) is 11.4 Å². The molecule has 0 unspecified atom stereocenters. The van der Waals surface area contributed by atoms with E-state index in [2.05, 4.69) is 5.10 Å². The highest BCUT2D eigenvalue weighted by Gasteiger charge is 2.27. The summed E-state index contributed by atoms with van der Waals surface area (Å²) < 4.78 is 73.7. The number of hydrogen-bond acceptors (Lipinski definition) is 3. The maximum Gasteiger partial charge on any atom is 0.276 e. The van der Waals surface area contributed by atoms with Crippen molar-refractivity contribution in [3.05, 3.63) is 76.4 Å². The van der Waals surface area contributed by atoms with Gasteiger partial charge in [0.05, 0.1) is 0 Å². The fraction of sp³-hybridized carbons (Fsp3) is 0.158. The third kappa shape index (κ3) is 4.05. The van der Waals surface area contributed by atoms with Crippen molar-refractivity contribution in [1.82, 2.24) is 9.78 Å². The van der Waals surface area contributed by atoms with Gasteiger partial charge >= 0.3 is 0 Å². The monoisotopic (exact) mass is 411 g/mol. The predicted molar refractivity (Wildman–Crippen MR) is 93.0 cm³/mol. The summed E-state index contributed by atoms with van der Waals surface area (Å²) in [7, 11) is 0. The Kier molecular flexibility index (Phi) is 5.53. The smallest absolute Gasteiger partial charge is 0.276 e. The average molecular weight is 411 g/mol. The van der Waals surface area contributed by atoms with Gasteiger partial charge in [-0.05, 0) is 31.5 Å². The van der Waals surface area contributed by atoms with E-state index in [4.69, 9.17) is 4.74 Å². The highest BCUT2D eigenvalue weighted by Crippen LogP contribution is 2.27. The minimum absolute atomic E-state index is 0.0697. The third-order valence-corrected chi connectivity index (χ3v) is 4.00. The van der Waals surface area contributed by atoms with Crippen LogP contribution in [0.5, 0.6) is 5.75 Å². The van der Waals surface area contributed by atoms with Gasteiger partial charge in [-0.15, -0.1) is 0 Å². The number of nitrogens with zero attached hydrogens (tertiary/aromatic N) is 2. The number of carbonyl (C=O) groups excluding carboxylic acids is 1. The summed E-state index contributed by atoms with van der Waals surface area (Å²) in [5.41, 5.74) is 0.188. The van der Waals surface area contributed by atoms with Crippen LogP contribution in [0.25, 0.3) is 0 Å². The van der Waals surface area contributed by atoms with Crippen LogP contribution in [-0.2, 0) is 6.73 Å². The summed E-state index contributed by atoms with van der Waals surface area (Å²) in [6.45, 7) is 3.72. The zero-order valence-electron chi connectivity index (χ0n) is 15.2. The van der Waals surface area contributed by atoms with E-state index in [9.17, 15) is 26.7 Å². The fourth-order valence-corrected chi connectivity index (χ4v) is 2.54. The fourth-order valence-electron chi connectivity index (χ4n) is 2.54. The molecule has 3 aromatic rings. The van der Waals surface area contributed by atoms with Crippen LogP contribution in [0, 0.1) is 42.9 Å². The van der Waals surface area contributed by atoms with Crippen LogP contribution in [0.3, 0.4) is 0 Å². The van der Waals surface area contributed by atoms with Crippen molar-refractivity contribution < 1.29 is 31.5 Å². The van der Waals surface area contributed by atoms with E-state index in [0.29, 0.717) is 5.75 Å². The molecule has 2 aromatic carbocycles. The zero-order valence-corrected chi connectivity index (χ0v) is 15.2. The van der Waals surface area contributed by atoms with Crippen LogP contribution in [0.4, 0.5) is 27.6 Å². The van der Waals surface area contributed by atoms with Crippen LogP contribution in [-0.4, -0.2) is 15.7 Å². The zero-order chi connectivity index (χ0) is 21.3. The van der Waals surface area contributed by atoms with E-state index < -0.39 is 40.7 Å². The van der Waals surface area contributed by atoms with E-state index >= 15 is 0 Å². The van der Waals surface area contributed by atoms with E-state index in [1.165, 1.54) is 16.9 Å². The van der Waals surface area contributed by atoms with Gasteiger partial charge in [0, 0.05) is 6.20 Å². The first-order chi connectivity index (χ1) is 13.7. The highest BCUT2D eigenvalue weighted by molar-refractivity contribution is 6.02. The Morgan fingerprint density at radius 1 is 1.00 bits per heavy atom. The summed E-state index contributed by atoms with van der Waals surface area (Å²) in [5.74, 6) is -11.5. The minimum Gasteiger partial charge on any atom is -0.471 e. The van der Waals surface area contributed by atoms with Gasteiger partial charge in [-0.2, -0.15) is 5.10 Å². The molecule has 3 rings (SSSR count). The lowest BCUT2D eigenvalue weighted by atomic mass is 10.1. The molecular formula is C19H14F5N3O2. The lowest BCUT2D eigenvalue weighted by Crippen LogP contribution is -2.18. The molecule has 0 fully saturated rings. The van der Waals surface area contributed by atoms with E-state index in [0.717, 1.165) is 11.1 Å². The molecule has 0 radical (unpaired) electrons. The Morgan fingerprint density at radius 2 is 1.62 bits per heavy atom. The van der Waals surface area contributed by atoms with Crippen LogP contribution in [0.2, 0.25) is 0 Å². The van der Waals surface area contributed by atoms with E-state index in [1.54, 1.807) is 11.4 Å².